The van der Waals surface area contributed by atoms with Crippen LogP contribution < -0.4 is 14.2 Å². The highest BCUT2D eigenvalue weighted by Gasteiger charge is 2.42. The van der Waals surface area contributed by atoms with Crippen molar-refractivity contribution in [3.05, 3.63) is 89.0 Å². The van der Waals surface area contributed by atoms with E-state index in [0.29, 0.717) is 23.5 Å². The Kier molecular flexibility index (Phi) is 4.73. The second-order valence-corrected chi connectivity index (χ2v) is 7.40. The summed E-state index contributed by atoms with van der Waals surface area (Å²) < 4.78 is 44.7. The first-order valence-electron chi connectivity index (χ1n) is 9.88. The van der Waals surface area contributed by atoms with Crippen LogP contribution in [-0.2, 0) is 0 Å². The lowest BCUT2D eigenvalue weighted by Crippen LogP contribution is -2.34. The maximum absolute atomic E-state index is 14.0. The summed E-state index contributed by atoms with van der Waals surface area (Å²) in [6.45, 7) is 0. The Balaban J connectivity index is 1.62. The Morgan fingerprint density at radius 1 is 0.968 bits per heavy atom. The van der Waals surface area contributed by atoms with Crippen LogP contribution in [0.2, 0.25) is 0 Å². The van der Waals surface area contributed by atoms with E-state index < -0.39 is 17.9 Å². The van der Waals surface area contributed by atoms with Gasteiger partial charge in [0.15, 0.2) is 23.1 Å². The minimum absolute atomic E-state index is 0.141. The number of benzene rings is 3. The number of hydrogen-bond acceptors (Lipinski definition) is 5. The lowest BCUT2D eigenvalue weighted by Gasteiger charge is -2.38. The van der Waals surface area contributed by atoms with Crippen LogP contribution in [0.3, 0.4) is 0 Å². The van der Waals surface area contributed by atoms with Gasteiger partial charge in [0.2, 0.25) is 6.23 Å². The molecule has 5 nitrogen and oxygen atoms in total. The van der Waals surface area contributed by atoms with E-state index in [2.05, 4.69) is 0 Å². The first kappa shape index (κ1) is 19.4. The fraction of sp³-hybridized carbons (Fsp3) is 0.208. The van der Waals surface area contributed by atoms with Crippen LogP contribution in [0.4, 0.5) is 8.78 Å². The molecule has 0 amide bonds. The highest BCUT2D eigenvalue weighted by molar-refractivity contribution is 6.02. The summed E-state index contributed by atoms with van der Waals surface area (Å²) in [4.78, 5) is 0. The zero-order valence-electron chi connectivity index (χ0n) is 17.0. The van der Waals surface area contributed by atoms with Gasteiger partial charge in [-0.1, -0.05) is 30.3 Å². The molecule has 7 heteroatoms. The molecule has 3 aromatic carbocycles. The number of rotatable bonds is 4. The normalized spacial score (nSPS) is 19.2. The number of ether oxygens (including phenoxy) is 3. The Morgan fingerprint density at radius 3 is 2.58 bits per heavy atom. The average Bonchev–Trinajstić information content (AvgIpc) is 3.26. The molecule has 31 heavy (non-hydrogen) atoms. The van der Waals surface area contributed by atoms with Gasteiger partial charge in [0, 0.05) is 23.1 Å². The third kappa shape index (κ3) is 3.26. The molecule has 5 rings (SSSR count). The molecule has 0 unspecified atom stereocenters. The van der Waals surface area contributed by atoms with Crippen LogP contribution in [0.5, 0.6) is 17.2 Å². The molecule has 0 aliphatic carbocycles. The van der Waals surface area contributed by atoms with Crippen molar-refractivity contribution in [1.82, 2.24) is 5.01 Å². The third-order valence-electron chi connectivity index (χ3n) is 5.63. The van der Waals surface area contributed by atoms with E-state index in [9.17, 15) is 8.78 Å². The molecular weight excluding hydrogens is 402 g/mol. The van der Waals surface area contributed by atoms with Crippen LogP contribution in [0, 0.1) is 11.6 Å². The van der Waals surface area contributed by atoms with Gasteiger partial charge in [-0.25, -0.2) is 13.8 Å². The van der Waals surface area contributed by atoms with E-state index in [-0.39, 0.29) is 6.04 Å². The zero-order valence-corrected chi connectivity index (χ0v) is 17.0. The highest BCUT2D eigenvalue weighted by atomic mass is 19.2. The molecule has 0 saturated heterocycles. The number of halogens is 2. The predicted octanol–water partition coefficient (Wildman–Crippen LogP) is 5.22. The van der Waals surface area contributed by atoms with Gasteiger partial charge in [-0.15, -0.1) is 0 Å². The van der Waals surface area contributed by atoms with Crippen LogP contribution in [0.15, 0.2) is 65.8 Å². The van der Waals surface area contributed by atoms with Crippen molar-refractivity contribution in [2.24, 2.45) is 5.10 Å². The molecule has 2 atom stereocenters. The van der Waals surface area contributed by atoms with Crippen LogP contribution in [0.25, 0.3) is 0 Å². The smallest absolute Gasteiger partial charge is 0.214 e. The van der Waals surface area contributed by atoms with Crippen molar-refractivity contribution in [3.8, 4) is 17.2 Å². The van der Waals surface area contributed by atoms with Gasteiger partial charge in [0.25, 0.3) is 0 Å². The number of hydrazone groups is 1. The molecule has 158 valence electrons. The topological polar surface area (TPSA) is 43.3 Å². The Morgan fingerprint density at radius 2 is 1.81 bits per heavy atom. The summed E-state index contributed by atoms with van der Waals surface area (Å²) in [6, 6.07) is 17.0. The Labute approximate surface area is 178 Å². The molecule has 0 N–H and O–H groups in total. The monoisotopic (exact) mass is 422 g/mol. The second kappa shape index (κ2) is 7.58. The Bertz CT molecular complexity index is 1180. The number of hydrogen-bond donors (Lipinski definition) is 0. The highest BCUT2D eigenvalue weighted by Crippen LogP contribution is 2.50. The summed E-state index contributed by atoms with van der Waals surface area (Å²) in [7, 11) is 3.19. The second-order valence-electron chi connectivity index (χ2n) is 7.40. The molecule has 2 aliphatic rings. The zero-order chi connectivity index (χ0) is 21.5. The van der Waals surface area contributed by atoms with E-state index in [1.165, 1.54) is 6.07 Å². The van der Waals surface area contributed by atoms with Crippen molar-refractivity contribution in [3.63, 3.8) is 0 Å². The molecule has 3 aromatic rings. The SMILES string of the molecule is COc1cccc(C2=NN3[C@@H](C2)c2cccc(OC)c2O[C@H]3c2ccc(F)c(F)c2)c1. The van der Waals surface area contributed by atoms with Crippen molar-refractivity contribution in [2.45, 2.75) is 18.7 Å². The summed E-state index contributed by atoms with van der Waals surface area (Å²) in [6.07, 6.45) is -0.108. The van der Waals surface area contributed by atoms with Gasteiger partial charge in [0.05, 0.1) is 26.0 Å². The van der Waals surface area contributed by atoms with Crippen molar-refractivity contribution in [2.75, 3.05) is 14.2 Å². The van der Waals surface area contributed by atoms with Gasteiger partial charge in [-0.05, 0) is 30.3 Å². The quantitative estimate of drug-likeness (QED) is 0.578. The molecular formula is C24H20F2N2O3. The van der Waals surface area contributed by atoms with Gasteiger partial charge in [0.1, 0.15) is 5.75 Å². The summed E-state index contributed by atoms with van der Waals surface area (Å²) in [5.74, 6) is 0.0685. The molecule has 0 saturated carbocycles. The summed E-state index contributed by atoms with van der Waals surface area (Å²) >= 11 is 0. The van der Waals surface area contributed by atoms with Crippen LogP contribution >= 0.6 is 0 Å². The van der Waals surface area contributed by atoms with Crippen molar-refractivity contribution in [1.29, 1.82) is 0 Å². The maximum Gasteiger partial charge on any atom is 0.214 e. The van der Waals surface area contributed by atoms with Crippen LogP contribution in [-0.4, -0.2) is 24.9 Å². The number of nitrogens with zero attached hydrogens (tertiary/aromatic N) is 2. The fourth-order valence-corrected chi connectivity index (χ4v) is 4.11. The first-order valence-corrected chi connectivity index (χ1v) is 9.88. The average molecular weight is 422 g/mol. The van der Waals surface area contributed by atoms with E-state index >= 15 is 0 Å². The lowest BCUT2D eigenvalue weighted by molar-refractivity contribution is -0.0211. The Hall–Kier alpha value is -3.61. The molecule has 2 aliphatic heterocycles. The fourth-order valence-electron chi connectivity index (χ4n) is 4.11. The third-order valence-corrected chi connectivity index (χ3v) is 5.63. The van der Waals surface area contributed by atoms with Gasteiger partial charge < -0.3 is 14.2 Å². The van der Waals surface area contributed by atoms with Crippen molar-refractivity contribution >= 4 is 5.71 Å². The van der Waals surface area contributed by atoms with Gasteiger partial charge in [-0.3, -0.25) is 0 Å². The van der Waals surface area contributed by atoms with Crippen molar-refractivity contribution < 1.29 is 23.0 Å². The standard InChI is InChI=1S/C24H20F2N2O3/c1-29-16-6-3-5-14(11-16)20-13-21-17-7-4-8-22(30-2)23(17)31-24(28(21)27-20)15-9-10-18(25)19(26)12-15/h3-12,21,24H,13H2,1-2H3/t21-,24-/m0/s1. The first-order chi connectivity index (χ1) is 15.1. The van der Waals surface area contributed by atoms with Gasteiger partial charge in [-0.2, -0.15) is 5.10 Å². The summed E-state index contributed by atoms with van der Waals surface area (Å²) in [5.41, 5.74) is 3.19. The molecule has 0 radical (unpaired) electrons. The molecule has 2 heterocycles. The molecule has 0 bridgehead atoms. The molecule has 0 fully saturated rings. The molecule has 0 aromatic heterocycles. The van der Waals surface area contributed by atoms with Gasteiger partial charge >= 0.3 is 0 Å². The van der Waals surface area contributed by atoms with E-state index in [1.807, 2.05) is 47.5 Å². The summed E-state index contributed by atoms with van der Waals surface area (Å²) in [5, 5.41) is 6.64. The number of fused-ring (bicyclic) bond motifs is 3. The van der Waals surface area contributed by atoms with E-state index in [0.717, 1.165) is 34.7 Å². The molecule has 0 spiro atoms. The lowest BCUT2D eigenvalue weighted by atomic mass is 9.95. The maximum atomic E-state index is 14.0. The largest absolute Gasteiger partial charge is 0.497 e. The van der Waals surface area contributed by atoms with E-state index in [1.54, 1.807) is 14.2 Å². The minimum Gasteiger partial charge on any atom is -0.497 e. The predicted molar refractivity (Wildman–Crippen MR) is 111 cm³/mol. The van der Waals surface area contributed by atoms with E-state index in [4.69, 9.17) is 19.3 Å². The number of methoxy groups -OCH3 is 2. The number of para-hydroxylation sites is 1. The van der Waals surface area contributed by atoms with Crippen LogP contribution in [0.1, 0.15) is 35.4 Å². The minimum atomic E-state index is -0.931.